The molecule has 1 atom stereocenters. The second kappa shape index (κ2) is 10.6. The largest absolute Gasteiger partial charge is 0.345 e. The molecule has 2 aromatic carbocycles. The summed E-state index contributed by atoms with van der Waals surface area (Å²) in [4.78, 5) is 34.5. The second-order valence-corrected chi connectivity index (χ2v) is 7.66. The number of benzene rings is 2. The number of hydrogen-bond acceptors (Lipinski definition) is 4. The van der Waals surface area contributed by atoms with E-state index in [1.54, 1.807) is 48.8 Å². The normalized spacial score (nSPS) is 15.0. The molecule has 1 unspecified atom stereocenters. The van der Waals surface area contributed by atoms with Crippen LogP contribution in [0, 0.1) is 5.92 Å². The van der Waals surface area contributed by atoms with Gasteiger partial charge in [0.1, 0.15) is 0 Å². The quantitative estimate of drug-likeness (QED) is 0.546. The zero-order valence-corrected chi connectivity index (χ0v) is 18.8. The van der Waals surface area contributed by atoms with Crippen molar-refractivity contribution in [2.75, 3.05) is 18.4 Å². The van der Waals surface area contributed by atoms with Crippen molar-refractivity contribution in [3.05, 3.63) is 59.9 Å². The Kier molecular flexibility index (Phi) is 8.44. The van der Waals surface area contributed by atoms with Gasteiger partial charge in [-0.3, -0.25) is 9.59 Å². The van der Waals surface area contributed by atoms with E-state index in [1.807, 2.05) is 11.8 Å². The van der Waals surface area contributed by atoms with Gasteiger partial charge < -0.3 is 20.9 Å². The zero-order chi connectivity index (χ0) is 20.4. The van der Waals surface area contributed by atoms with Crippen LogP contribution in [0.25, 0.3) is 11.0 Å². The van der Waals surface area contributed by atoms with Crippen molar-refractivity contribution in [3.8, 4) is 0 Å². The topological polar surface area (TPSA) is 104 Å². The summed E-state index contributed by atoms with van der Waals surface area (Å²) in [6.45, 7) is 3.45. The molecule has 3 aromatic rings. The third kappa shape index (κ3) is 5.55. The van der Waals surface area contributed by atoms with Gasteiger partial charge in [-0.1, -0.05) is 6.07 Å². The summed E-state index contributed by atoms with van der Waals surface area (Å²) in [7, 11) is 0. The minimum Gasteiger partial charge on any atom is -0.345 e. The highest BCUT2D eigenvalue weighted by Gasteiger charge is 2.25. The maximum absolute atomic E-state index is 12.9. The number of nitrogens with two attached hydrogens (primary N) is 1. The maximum atomic E-state index is 12.9. The van der Waals surface area contributed by atoms with Gasteiger partial charge in [-0.2, -0.15) is 0 Å². The number of nitrogens with one attached hydrogen (secondary N) is 2. The molecule has 1 aromatic heterocycles. The van der Waals surface area contributed by atoms with Gasteiger partial charge in [0.15, 0.2) is 0 Å². The van der Waals surface area contributed by atoms with Gasteiger partial charge in [0.05, 0.1) is 17.4 Å². The summed E-state index contributed by atoms with van der Waals surface area (Å²) in [5.41, 5.74) is 9.29. The van der Waals surface area contributed by atoms with Crippen molar-refractivity contribution in [3.63, 3.8) is 0 Å². The molecule has 0 spiro atoms. The third-order valence-electron chi connectivity index (χ3n) is 5.62. The van der Waals surface area contributed by atoms with E-state index in [4.69, 9.17) is 5.73 Å². The molecule has 9 heteroatoms. The minimum absolute atomic E-state index is 0. The van der Waals surface area contributed by atoms with Crippen molar-refractivity contribution >= 4 is 53.3 Å². The second-order valence-electron chi connectivity index (χ2n) is 7.66. The smallest absolute Gasteiger partial charge is 0.255 e. The molecule has 2 heterocycles. The number of nitrogens with zero attached hydrogens (tertiary/aromatic N) is 2. The Balaban J connectivity index is 0.00000171. The number of hydrogen-bond donors (Lipinski definition) is 3. The van der Waals surface area contributed by atoms with Crippen molar-refractivity contribution in [2.24, 2.45) is 11.7 Å². The number of likely N-dealkylation sites (tertiary alicyclic amines) is 1. The van der Waals surface area contributed by atoms with E-state index in [2.05, 4.69) is 15.3 Å². The first-order chi connectivity index (χ1) is 14.0. The third-order valence-corrected chi connectivity index (χ3v) is 5.62. The molecule has 1 aliphatic heterocycles. The molecular formula is C22H27Cl2N5O2. The molecule has 0 aliphatic carbocycles. The number of H-pyrrole nitrogens is 1. The Morgan fingerprint density at radius 3 is 2.58 bits per heavy atom. The lowest BCUT2D eigenvalue weighted by Crippen LogP contribution is -2.42. The Morgan fingerprint density at radius 2 is 1.87 bits per heavy atom. The number of piperidine rings is 1. The van der Waals surface area contributed by atoms with Crippen molar-refractivity contribution in [1.82, 2.24) is 14.9 Å². The highest BCUT2D eigenvalue weighted by Crippen LogP contribution is 2.22. The summed E-state index contributed by atoms with van der Waals surface area (Å²) in [5.74, 6) is 0.226. The lowest BCUT2D eigenvalue weighted by Gasteiger charge is -2.33. The Morgan fingerprint density at radius 1 is 1.13 bits per heavy atom. The van der Waals surface area contributed by atoms with E-state index in [-0.39, 0.29) is 42.7 Å². The van der Waals surface area contributed by atoms with Gasteiger partial charge in [0, 0.05) is 35.9 Å². The molecule has 4 N–H and O–H groups in total. The van der Waals surface area contributed by atoms with E-state index >= 15 is 0 Å². The predicted molar refractivity (Wildman–Crippen MR) is 127 cm³/mol. The fourth-order valence-electron chi connectivity index (χ4n) is 3.82. The first-order valence-corrected chi connectivity index (χ1v) is 9.90. The van der Waals surface area contributed by atoms with Crippen LogP contribution in [0.5, 0.6) is 0 Å². The summed E-state index contributed by atoms with van der Waals surface area (Å²) in [5, 5.41) is 2.87. The van der Waals surface area contributed by atoms with Crippen LogP contribution in [-0.2, 0) is 0 Å². The monoisotopic (exact) mass is 463 g/mol. The molecule has 0 radical (unpaired) electrons. The molecule has 1 fully saturated rings. The van der Waals surface area contributed by atoms with Crippen molar-refractivity contribution in [2.45, 2.75) is 25.8 Å². The minimum atomic E-state index is -0.233. The molecule has 0 saturated carbocycles. The standard InChI is InChI=1S/C22H25N5O2.2ClH/c1-14(23)15-7-9-27(10-8-15)22(29)17-3-2-4-18(11-17)26-21(28)16-5-6-19-20(12-16)25-13-24-19;;/h2-6,11-15H,7-10,23H2,1H3,(H,24,25)(H,26,28);2*1H. The highest BCUT2D eigenvalue weighted by molar-refractivity contribution is 6.06. The number of carbonyl (C=O) groups is 2. The average molecular weight is 464 g/mol. The fourth-order valence-corrected chi connectivity index (χ4v) is 3.82. The van der Waals surface area contributed by atoms with Crippen LogP contribution in [0.4, 0.5) is 5.69 Å². The Labute approximate surface area is 193 Å². The Bertz CT molecular complexity index is 1050. The number of anilines is 1. The summed E-state index contributed by atoms with van der Waals surface area (Å²) in [6, 6.07) is 12.5. The molecule has 1 saturated heterocycles. The molecule has 4 rings (SSSR count). The molecule has 31 heavy (non-hydrogen) atoms. The number of fused-ring (bicyclic) bond motifs is 1. The van der Waals surface area contributed by atoms with Gasteiger partial charge >= 0.3 is 0 Å². The van der Waals surface area contributed by atoms with Gasteiger partial charge in [0.25, 0.3) is 11.8 Å². The first-order valence-electron chi connectivity index (χ1n) is 9.90. The summed E-state index contributed by atoms with van der Waals surface area (Å²) < 4.78 is 0. The van der Waals surface area contributed by atoms with E-state index < -0.39 is 0 Å². The number of rotatable bonds is 4. The zero-order valence-electron chi connectivity index (χ0n) is 17.2. The van der Waals surface area contributed by atoms with Crippen LogP contribution in [-0.4, -0.2) is 45.8 Å². The number of halogens is 2. The SMILES string of the molecule is CC(N)C1CCN(C(=O)c2cccc(NC(=O)c3ccc4nc[nH]c4c3)c2)CC1.Cl.Cl. The molecule has 1 aliphatic rings. The predicted octanol–water partition coefficient (Wildman–Crippen LogP) is 3.86. The van der Waals surface area contributed by atoms with E-state index in [1.165, 1.54) is 0 Å². The van der Waals surface area contributed by atoms with Crippen LogP contribution in [0.3, 0.4) is 0 Å². The fraction of sp³-hybridized carbons (Fsp3) is 0.318. The van der Waals surface area contributed by atoms with Crippen LogP contribution >= 0.6 is 24.8 Å². The number of carbonyl (C=O) groups excluding carboxylic acids is 2. The van der Waals surface area contributed by atoms with E-state index in [0.29, 0.717) is 35.8 Å². The lowest BCUT2D eigenvalue weighted by molar-refractivity contribution is 0.0681. The number of aromatic nitrogens is 2. The summed E-state index contributed by atoms with van der Waals surface area (Å²) in [6.07, 6.45) is 3.45. The van der Waals surface area contributed by atoms with Gasteiger partial charge in [0.2, 0.25) is 0 Å². The van der Waals surface area contributed by atoms with Crippen molar-refractivity contribution in [1.29, 1.82) is 0 Å². The van der Waals surface area contributed by atoms with Crippen LogP contribution in [0.15, 0.2) is 48.8 Å². The van der Waals surface area contributed by atoms with Gasteiger partial charge in [-0.15, -0.1) is 24.8 Å². The number of amides is 2. The van der Waals surface area contributed by atoms with E-state index in [9.17, 15) is 9.59 Å². The van der Waals surface area contributed by atoms with Gasteiger partial charge in [-0.25, -0.2) is 4.98 Å². The van der Waals surface area contributed by atoms with Gasteiger partial charge in [-0.05, 0) is 62.1 Å². The number of aromatic amines is 1. The highest BCUT2D eigenvalue weighted by atomic mass is 35.5. The van der Waals surface area contributed by atoms with Crippen LogP contribution < -0.4 is 11.1 Å². The number of imidazole rings is 1. The average Bonchev–Trinajstić information content (AvgIpc) is 3.21. The molecule has 0 bridgehead atoms. The molecule has 2 amide bonds. The van der Waals surface area contributed by atoms with Crippen LogP contribution in [0.1, 0.15) is 40.5 Å². The Hall–Kier alpha value is -2.61. The lowest BCUT2D eigenvalue weighted by atomic mass is 9.90. The molecule has 7 nitrogen and oxygen atoms in total. The van der Waals surface area contributed by atoms with E-state index in [0.717, 1.165) is 23.9 Å². The molecular weight excluding hydrogens is 437 g/mol. The first kappa shape index (κ1) is 24.7. The summed E-state index contributed by atoms with van der Waals surface area (Å²) >= 11 is 0. The maximum Gasteiger partial charge on any atom is 0.255 e. The van der Waals surface area contributed by atoms with Crippen molar-refractivity contribution < 1.29 is 9.59 Å². The van der Waals surface area contributed by atoms with Crippen LogP contribution in [0.2, 0.25) is 0 Å². The molecule has 166 valence electrons.